The highest BCUT2D eigenvalue weighted by Gasteiger charge is 2.17. The van der Waals surface area contributed by atoms with Crippen LogP contribution in [0.3, 0.4) is 0 Å². The van der Waals surface area contributed by atoms with Crippen LogP contribution in [0.25, 0.3) is 0 Å². The van der Waals surface area contributed by atoms with Gasteiger partial charge in [-0.05, 0) is 25.0 Å². The summed E-state index contributed by atoms with van der Waals surface area (Å²) in [6.45, 7) is 2.45. The predicted molar refractivity (Wildman–Crippen MR) is 78.0 cm³/mol. The molecule has 1 fully saturated rings. The fourth-order valence-corrected chi connectivity index (χ4v) is 3.30. The molecule has 3 heterocycles. The van der Waals surface area contributed by atoms with Crippen molar-refractivity contribution in [2.24, 2.45) is 0 Å². The molecule has 2 N–H and O–H groups in total. The summed E-state index contributed by atoms with van der Waals surface area (Å²) in [4.78, 5) is 1.21. The van der Waals surface area contributed by atoms with E-state index in [2.05, 4.69) is 21.6 Å². The summed E-state index contributed by atoms with van der Waals surface area (Å²) in [6, 6.07) is 6.05. The number of anilines is 1. The maximum Gasteiger partial charge on any atom is 0.148 e. The second kappa shape index (κ2) is 5.94. The van der Waals surface area contributed by atoms with Crippen LogP contribution in [0.4, 0.5) is 5.82 Å². The van der Waals surface area contributed by atoms with Crippen LogP contribution < -0.4 is 5.32 Å². The van der Waals surface area contributed by atoms with Gasteiger partial charge in [-0.15, -0.1) is 11.3 Å². The summed E-state index contributed by atoms with van der Waals surface area (Å²) in [6.07, 6.45) is 2.14. The minimum atomic E-state index is 0.549. The zero-order chi connectivity index (χ0) is 13.1. The molecule has 0 bridgehead atoms. The van der Waals surface area contributed by atoms with Gasteiger partial charge in [0.2, 0.25) is 0 Å². The molecule has 4 nitrogen and oxygen atoms in total. The van der Waals surface area contributed by atoms with Gasteiger partial charge in [0.1, 0.15) is 5.82 Å². The van der Waals surface area contributed by atoms with Crippen LogP contribution >= 0.6 is 22.9 Å². The lowest BCUT2D eigenvalue weighted by atomic mass is 9.97. The van der Waals surface area contributed by atoms with Crippen LogP contribution in [0.2, 0.25) is 4.34 Å². The second-order valence-electron chi connectivity index (χ2n) is 4.65. The highest BCUT2D eigenvalue weighted by atomic mass is 35.5. The largest absolute Gasteiger partial charge is 0.381 e. The lowest BCUT2D eigenvalue weighted by molar-refractivity contribution is 0.0845. The number of thiophene rings is 1. The summed E-state index contributed by atoms with van der Waals surface area (Å²) in [7, 11) is 0. The summed E-state index contributed by atoms with van der Waals surface area (Å²) < 4.78 is 6.20. The molecule has 0 unspecified atom stereocenters. The van der Waals surface area contributed by atoms with Gasteiger partial charge >= 0.3 is 0 Å². The molecule has 0 atom stereocenters. The Bertz CT molecular complexity index is 533. The van der Waals surface area contributed by atoms with Crippen molar-refractivity contribution in [3.05, 3.63) is 33.1 Å². The minimum Gasteiger partial charge on any atom is -0.381 e. The number of aromatic nitrogens is 2. The van der Waals surface area contributed by atoms with Gasteiger partial charge in [0.05, 0.1) is 10.9 Å². The third-order valence-corrected chi connectivity index (χ3v) is 4.56. The lowest BCUT2D eigenvalue weighted by Gasteiger charge is -2.20. The van der Waals surface area contributed by atoms with Gasteiger partial charge in [0.25, 0.3) is 0 Å². The zero-order valence-electron chi connectivity index (χ0n) is 10.5. The van der Waals surface area contributed by atoms with Crippen LogP contribution in [0.15, 0.2) is 18.2 Å². The first-order valence-electron chi connectivity index (χ1n) is 6.42. The van der Waals surface area contributed by atoms with Crippen molar-refractivity contribution in [2.75, 3.05) is 18.5 Å². The van der Waals surface area contributed by atoms with Crippen molar-refractivity contribution in [2.45, 2.75) is 25.3 Å². The Morgan fingerprint density at radius 1 is 1.42 bits per heavy atom. The topological polar surface area (TPSA) is 49.9 Å². The molecule has 0 aromatic carbocycles. The van der Waals surface area contributed by atoms with Crippen LogP contribution in [0, 0.1) is 0 Å². The molecule has 3 rings (SSSR count). The van der Waals surface area contributed by atoms with Crippen molar-refractivity contribution in [1.82, 2.24) is 10.2 Å². The Hall–Kier alpha value is -1.04. The van der Waals surface area contributed by atoms with E-state index in [4.69, 9.17) is 16.3 Å². The fraction of sp³-hybridized carbons (Fsp3) is 0.462. The van der Waals surface area contributed by atoms with E-state index in [1.165, 1.54) is 10.6 Å². The third kappa shape index (κ3) is 3.29. The average Bonchev–Trinajstić information content (AvgIpc) is 3.06. The van der Waals surface area contributed by atoms with Crippen molar-refractivity contribution in [1.29, 1.82) is 0 Å². The van der Waals surface area contributed by atoms with E-state index in [1.54, 1.807) is 11.3 Å². The smallest absolute Gasteiger partial charge is 0.148 e. The van der Waals surface area contributed by atoms with Crippen LogP contribution in [0.1, 0.15) is 29.3 Å². The highest BCUT2D eigenvalue weighted by molar-refractivity contribution is 7.16. The average molecular weight is 298 g/mol. The van der Waals surface area contributed by atoms with Crippen LogP contribution in [-0.2, 0) is 11.3 Å². The van der Waals surface area contributed by atoms with Crippen molar-refractivity contribution >= 4 is 28.8 Å². The molecule has 1 aliphatic rings. The van der Waals surface area contributed by atoms with E-state index in [9.17, 15) is 0 Å². The predicted octanol–water partition coefficient (Wildman–Crippen LogP) is 3.63. The Morgan fingerprint density at radius 2 is 2.26 bits per heavy atom. The molecule has 0 radical (unpaired) electrons. The van der Waals surface area contributed by atoms with E-state index in [0.29, 0.717) is 5.92 Å². The number of aromatic amines is 1. The first-order valence-corrected chi connectivity index (χ1v) is 7.62. The maximum atomic E-state index is 5.90. The van der Waals surface area contributed by atoms with E-state index in [1.807, 2.05) is 12.1 Å². The zero-order valence-corrected chi connectivity index (χ0v) is 12.1. The highest BCUT2D eigenvalue weighted by Crippen LogP contribution is 2.27. The minimum absolute atomic E-state index is 0.549. The number of hydrogen-bond acceptors (Lipinski definition) is 4. The molecule has 0 aliphatic carbocycles. The molecule has 6 heteroatoms. The van der Waals surface area contributed by atoms with Gasteiger partial charge in [-0.25, -0.2) is 0 Å². The van der Waals surface area contributed by atoms with Gasteiger partial charge < -0.3 is 10.1 Å². The number of halogens is 1. The second-order valence-corrected chi connectivity index (χ2v) is 6.45. The molecular weight excluding hydrogens is 282 g/mol. The summed E-state index contributed by atoms with van der Waals surface area (Å²) >= 11 is 7.50. The molecule has 0 saturated carbocycles. The third-order valence-electron chi connectivity index (χ3n) is 3.33. The summed E-state index contributed by atoms with van der Waals surface area (Å²) in [5.41, 5.74) is 1.20. The standard InChI is InChI=1S/C13H16ClN3OS/c14-12-2-1-10(19-12)8-15-13-7-11(16-17-13)9-3-5-18-6-4-9/h1-2,7,9H,3-6,8H2,(H2,15,16,17). The van der Waals surface area contributed by atoms with Crippen molar-refractivity contribution in [3.63, 3.8) is 0 Å². The number of hydrogen-bond donors (Lipinski definition) is 2. The molecule has 2 aromatic heterocycles. The number of H-pyrrole nitrogens is 1. The fourth-order valence-electron chi connectivity index (χ4n) is 2.27. The Labute approximate surface area is 121 Å². The number of nitrogens with zero attached hydrogens (tertiary/aromatic N) is 1. The first-order chi connectivity index (χ1) is 9.31. The Balaban J connectivity index is 1.58. The number of rotatable bonds is 4. The van der Waals surface area contributed by atoms with Gasteiger partial charge in [-0.3, -0.25) is 5.10 Å². The molecule has 0 amide bonds. The van der Waals surface area contributed by atoms with Gasteiger partial charge in [-0.1, -0.05) is 11.6 Å². The first kappa shape index (κ1) is 13.0. The van der Waals surface area contributed by atoms with Gasteiger partial charge in [0.15, 0.2) is 0 Å². The summed E-state index contributed by atoms with van der Waals surface area (Å²) in [5.74, 6) is 1.44. The van der Waals surface area contributed by atoms with E-state index in [0.717, 1.165) is 42.8 Å². The van der Waals surface area contributed by atoms with Crippen LogP contribution in [0.5, 0.6) is 0 Å². The molecular formula is C13H16ClN3OS. The van der Waals surface area contributed by atoms with Crippen LogP contribution in [-0.4, -0.2) is 23.4 Å². The number of nitrogens with one attached hydrogen (secondary N) is 2. The SMILES string of the molecule is Clc1ccc(CNc2cc(C3CCOCC3)[nH]n2)s1. The lowest BCUT2D eigenvalue weighted by Crippen LogP contribution is -2.14. The molecule has 0 spiro atoms. The van der Waals surface area contributed by atoms with E-state index < -0.39 is 0 Å². The van der Waals surface area contributed by atoms with Crippen molar-refractivity contribution in [3.8, 4) is 0 Å². The molecule has 1 aliphatic heterocycles. The normalized spacial score (nSPS) is 16.7. The monoisotopic (exact) mass is 297 g/mol. The van der Waals surface area contributed by atoms with Gasteiger partial charge in [0, 0.05) is 35.8 Å². The summed E-state index contributed by atoms with van der Waals surface area (Å²) in [5, 5.41) is 10.7. The van der Waals surface area contributed by atoms with E-state index >= 15 is 0 Å². The quantitative estimate of drug-likeness (QED) is 0.906. The molecule has 102 valence electrons. The number of ether oxygens (including phenoxy) is 1. The molecule has 19 heavy (non-hydrogen) atoms. The van der Waals surface area contributed by atoms with E-state index in [-0.39, 0.29) is 0 Å². The molecule has 2 aromatic rings. The molecule has 1 saturated heterocycles. The van der Waals surface area contributed by atoms with Crippen molar-refractivity contribution < 1.29 is 4.74 Å². The van der Waals surface area contributed by atoms with Gasteiger partial charge in [-0.2, -0.15) is 5.10 Å². The Kier molecular flexibility index (Phi) is 4.06. The Morgan fingerprint density at radius 3 is 3.00 bits per heavy atom. The maximum absolute atomic E-state index is 5.90.